The van der Waals surface area contributed by atoms with E-state index in [1.807, 2.05) is 54.1 Å². The molecule has 0 spiro atoms. The van der Waals surface area contributed by atoms with E-state index in [9.17, 15) is 29.2 Å². The fourth-order valence-corrected chi connectivity index (χ4v) is 3.45. The molecule has 0 unspecified atom stereocenters. The van der Waals surface area contributed by atoms with Gasteiger partial charge in [0.2, 0.25) is 11.8 Å². The number of amides is 2. The molecule has 2 rings (SSSR count). The molecule has 0 aliphatic rings. The van der Waals surface area contributed by atoms with E-state index in [0.717, 1.165) is 5.56 Å². The smallest absolute Gasteiger partial charge is 0.289 e. The molecule has 1 aromatic heterocycles. The number of hydroxylamine groups is 1. The molecule has 1 heterocycles. The van der Waals surface area contributed by atoms with Gasteiger partial charge in [0.25, 0.3) is 0 Å². The fraction of sp³-hybridized carbons (Fsp3) is 0.450. The number of carbonyl (C=O) groups excluding carboxylic acids is 2. The van der Waals surface area contributed by atoms with Gasteiger partial charge in [-0.25, -0.2) is 19.9 Å². The molecule has 5 N–H and O–H groups in total. The number of hydrogen-bond donors (Lipinski definition) is 5. The molecule has 0 radical (unpaired) electrons. The highest BCUT2D eigenvalue weighted by molar-refractivity contribution is 5.91. The Labute approximate surface area is 177 Å². The van der Waals surface area contributed by atoms with Gasteiger partial charge in [-0.15, -0.1) is 4.68 Å². The summed E-state index contributed by atoms with van der Waals surface area (Å²) in [4.78, 5) is 64.0. The van der Waals surface area contributed by atoms with Crippen LogP contribution in [0.4, 0.5) is 0 Å². The molecule has 31 heavy (non-hydrogen) atoms. The van der Waals surface area contributed by atoms with Gasteiger partial charge in [0.1, 0.15) is 0 Å². The van der Waals surface area contributed by atoms with Crippen LogP contribution in [0.25, 0.3) is 0 Å². The van der Waals surface area contributed by atoms with Crippen LogP contribution in [0.2, 0.25) is 0 Å². The summed E-state index contributed by atoms with van der Waals surface area (Å²) in [6.45, 7) is 3.72. The summed E-state index contributed by atoms with van der Waals surface area (Å²) in [6, 6.07) is 9.61. The second-order valence-corrected chi connectivity index (χ2v) is 7.70. The third-order valence-electron chi connectivity index (χ3n) is 4.89. The molecule has 0 saturated heterocycles. The van der Waals surface area contributed by atoms with Gasteiger partial charge < -0.3 is 0 Å². The lowest BCUT2D eigenvalue weighted by Gasteiger charge is -2.26. The van der Waals surface area contributed by atoms with Gasteiger partial charge in [0.15, 0.2) is 0 Å². The molecule has 2 atom stereocenters. The van der Waals surface area contributed by atoms with Crippen molar-refractivity contribution in [2.75, 3.05) is 5.43 Å². The Kier molecular flexibility index (Phi) is 8.50. The largest absolute Gasteiger partial charge is 0.353 e. The maximum atomic E-state index is 13.0. The minimum atomic E-state index is -1.11. The van der Waals surface area contributed by atoms with E-state index in [4.69, 9.17) is 0 Å². The number of nitrogens with zero attached hydrogens (tertiary/aromatic N) is 1. The van der Waals surface area contributed by atoms with Gasteiger partial charge >= 0.3 is 17.1 Å². The molecule has 0 bridgehead atoms. The lowest BCUT2D eigenvalue weighted by atomic mass is 9.81. The number of aryl methyl sites for hydroxylation is 1. The number of benzene rings is 1. The van der Waals surface area contributed by atoms with Crippen molar-refractivity contribution in [2.45, 2.75) is 39.5 Å². The van der Waals surface area contributed by atoms with Crippen LogP contribution in [-0.4, -0.2) is 31.7 Å². The first-order valence-corrected chi connectivity index (χ1v) is 9.97. The van der Waals surface area contributed by atoms with Crippen LogP contribution in [0, 0.1) is 17.8 Å². The maximum Gasteiger partial charge on any atom is 0.353 e. The molecule has 2 aromatic rings. The van der Waals surface area contributed by atoms with Gasteiger partial charge in [0.05, 0.1) is 11.8 Å². The van der Waals surface area contributed by atoms with Crippen molar-refractivity contribution in [3.63, 3.8) is 0 Å². The van der Waals surface area contributed by atoms with Crippen LogP contribution in [-0.2, 0) is 16.0 Å². The van der Waals surface area contributed by atoms with E-state index < -0.39 is 40.7 Å². The van der Waals surface area contributed by atoms with Gasteiger partial charge in [-0.1, -0.05) is 44.2 Å². The maximum absolute atomic E-state index is 13.0. The van der Waals surface area contributed by atoms with E-state index in [-0.39, 0.29) is 12.3 Å². The van der Waals surface area contributed by atoms with Gasteiger partial charge in [-0.2, -0.15) is 0 Å². The number of H-pyrrole nitrogens is 2. The zero-order valence-electron chi connectivity index (χ0n) is 17.4. The Bertz CT molecular complexity index is 1020. The van der Waals surface area contributed by atoms with Crippen molar-refractivity contribution in [1.29, 1.82) is 0 Å². The predicted molar refractivity (Wildman–Crippen MR) is 112 cm³/mol. The van der Waals surface area contributed by atoms with Crippen molar-refractivity contribution in [1.82, 2.24) is 20.1 Å². The summed E-state index contributed by atoms with van der Waals surface area (Å²) in [5.41, 5.74) is 1.62. The molecule has 2 amide bonds. The van der Waals surface area contributed by atoms with Gasteiger partial charge in [0, 0.05) is 0 Å². The normalized spacial score (nSPS) is 12.9. The number of aromatic amines is 2. The van der Waals surface area contributed by atoms with Crippen molar-refractivity contribution in [2.24, 2.45) is 17.8 Å². The second-order valence-electron chi connectivity index (χ2n) is 7.70. The van der Waals surface area contributed by atoms with E-state index in [0.29, 0.717) is 23.9 Å². The van der Waals surface area contributed by atoms with Crippen molar-refractivity contribution in [3.8, 4) is 0 Å². The van der Waals surface area contributed by atoms with Crippen LogP contribution >= 0.6 is 0 Å². The highest BCUT2D eigenvalue weighted by Gasteiger charge is 2.34. The highest BCUT2D eigenvalue weighted by Crippen LogP contribution is 2.26. The molecule has 168 valence electrons. The van der Waals surface area contributed by atoms with Crippen LogP contribution in [0.3, 0.4) is 0 Å². The Morgan fingerprint density at radius 3 is 2.16 bits per heavy atom. The van der Waals surface area contributed by atoms with E-state index in [1.54, 1.807) is 5.48 Å². The topological polar surface area (TPSA) is 166 Å². The zero-order chi connectivity index (χ0) is 23.0. The summed E-state index contributed by atoms with van der Waals surface area (Å²) >= 11 is 0. The van der Waals surface area contributed by atoms with Crippen LogP contribution in [0.15, 0.2) is 44.7 Å². The first-order chi connectivity index (χ1) is 14.7. The first-order valence-electron chi connectivity index (χ1n) is 9.97. The van der Waals surface area contributed by atoms with Crippen molar-refractivity contribution in [3.05, 3.63) is 67.3 Å². The molecule has 0 saturated carbocycles. The first kappa shape index (κ1) is 23.8. The van der Waals surface area contributed by atoms with Crippen LogP contribution in [0.1, 0.15) is 38.7 Å². The summed E-state index contributed by atoms with van der Waals surface area (Å²) in [5, 5.41) is 9.21. The lowest BCUT2D eigenvalue weighted by molar-refractivity contribution is -0.139. The van der Waals surface area contributed by atoms with E-state index >= 15 is 0 Å². The molecular weight excluding hydrogens is 406 g/mol. The van der Waals surface area contributed by atoms with Crippen LogP contribution < -0.4 is 28.0 Å². The standard InChI is InChI=1S/C20H27N5O6/c1-12(2)11-15(16(26)23-25-19(29)21-18(28)22-20(25)30)14(17(27)24-31)10-6-9-13-7-4-3-5-8-13/h3-5,7-8,12,14-15,31H,6,9-11H2,1-2H3,(H,23,26)(H,24,27)(H2,21,22,28,29,30)/t14-,15+/m0/s1. The minimum Gasteiger partial charge on any atom is -0.289 e. The highest BCUT2D eigenvalue weighted by atomic mass is 16.5. The summed E-state index contributed by atoms with van der Waals surface area (Å²) < 4.78 is 0.342. The number of nitrogens with one attached hydrogen (secondary N) is 4. The fourth-order valence-electron chi connectivity index (χ4n) is 3.45. The van der Waals surface area contributed by atoms with E-state index in [1.165, 1.54) is 0 Å². The third-order valence-corrected chi connectivity index (χ3v) is 4.89. The second kappa shape index (κ2) is 11.1. The van der Waals surface area contributed by atoms with E-state index in [2.05, 4.69) is 5.43 Å². The Morgan fingerprint density at radius 2 is 1.61 bits per heavy atom. The van der Waals surface area contributed by atoms with Gasteiger partial charge in [-0.05, 0) is 37.2 Å². The Hall–Kier alpha value is -3.47. The van der Waals surface area contributed by atoms with Gasteiger partial charge in [-0.3, -0.25) is 30.2 Å². The Balaban J connectivity index is 2.24. The average molecular weight is 433 g/mol. The molecule has 0 aliphatic carbocycles. The third kappa shape index (κ3) is 6.78. The average Bonchev–Trinajstić information content (AvgIpc) is 2.72. The quantitative estimate of drug-likeness (QED) is 0.263. The number of rotatable bonds is 10. The van der Waals surface area contributed by atoms with Crippen molar-refractivity contribution < 1.29 is 14.8 Å². The minimum absolute atomic E-state index is 0.00412. The number of hydrogen-bond acceptors (Lipinski definition) is 6. The van der Waals surface area contributed by atoms with Crippen LogP contribution in [0.5, 0.6) is 0 Å². The summed E-state index contributed by atoms with van der Waals surface area (Å²) in [6.07, 6.45) is 1.81. The Morgan fingerprint density at radius 1 is 1.00 bits per heavy atom. The number of aromatic nitrogens is 3. The monoisotopic (exact) mass is 433 g/mol. The predicted octanol–water partition coefficient (Wildman–Crippen LogP) is 0.102. The number of carbonyl (C=O) groups is 2. The zero-order valence-corrected chi connectivity index (χ0v) is 17.4. The molecule has 11 nitrogen and oxygen atoms in total. The molecule has 0 aliphatic heterocycles. The molecular formula is C20H27N5O6. The lowest BCUT2D eigenvalue weighted by Crippen LogP contribution is -2.51. The molecule has 11 heteroatoms. The molecule has 0 fully saturated rings. The van der Waals surface area contributed by atoms with Crippen molar-refractivity contribution >= 4 is 11.8 Å². The SMILES string of the molecule is CC(C)C[C@@H](C(=O)Nn1c(=O)[nH]c(=O)[nH]c1=O)[C@H](CCCc1ccccc1)C(=O)NO. The summed E-state index contributed by atoms with van der Waals surface area (Å²) in [5.74, 6) is -3.29. The molecule has 1 aromatic carbocycles. The summed E-state index contributed by atoms with van der Waals surface area (Å²) in [7, 11) is 0.